The Morgan fingerprint density at radius 2 is 2.00 bits per heavy atom. The predicted octanol–water partition coefficient (Wildman–Crippen LogP) is 2.43. The van der Waals surface area contributed by atoms with Gasteiger partial charge in [0.15, 0.2) is 5.76 Å². The van der Waals surface area contributed by atoms with E-state index in [2.05, 4.69) is 14.5 Å². The van der Waals surface area contributed by atoms with Gasteiger partial charge < -0.3 is 19.0 Å². The maximum atomic E-state index is 12.6. The summed E-state index contributed by atoms with van der Waals surface area (Å²) >= 11 is 0. The van der Waals surface area contributed by atoms with Crippen LogP contribution in [0.25, 0.3) is 0 Å². The molecule has 7 nitrogen and oxygen atoms in total. The Labute approximate surface area is 157 Å². The van der Waals surface area contributed by atoms with E-state index in [1.807, 2.05) is 35.5 Å². The number of amides is 1. The van der Waals surface area contributed by atoms with Gasteiger partial charge in [0.25, 0.3) is 5.91 Å². The van der Waals surface area contributed by atoms with Crippen molar-refractivity contribution >= 4 is 5.91 Å². The SMILES string of the molecule is O=C(c1ccc(CO)o1)N1CCC(c2nccn2Cc2ccccn2)CC1. The van der Waals surface area contributed by atoms with Crippen LogP contribution in [-0.2, 0) is 13.2 Å². The van der Waals surface area contributed by atoms with Crippen LogP contribution in [0.4, 0.5) is 0 Å². The monoisotopic (exact) mass is 366 g/mol. The van der Waals surface area contributed by atoms with E-state index >= 15 is 0 Å². The summed E-state index contributed by atoms with van der Waals surface area (Å²) in [6.45, 7) is 1.82. The lowest BCUT2D eigenvalue weighted by atomic mass is 9.95. The average Bonchev–Trinajstić information content (AvgIpc) is 3.38. The zero-order valence-corrected chi connectivity index (χ0v) is 15.0. The van der Waals surface area contributed by atoms with Gasteiger partial charge in [-0.05, 0) is 37.1 Å². The maximum absolute atomic E-state index is 12.6. The first kappa shape index (κ1) is 17.5. The molecule has 3 aromatic heterocycles. The highest BCUT2D eigenvalue weighted by Crippen LogP contribution is 2.28. The van der Waals surface area contributed by atoms with Gasteiger partial charge in [-0.3, -0.25) is 9.78 Å². The van der Waals surface area contributed by atoms with E-state index in [1.54, 1.807) is 18.3 Å². The summed E-state index contributed by atoms with van der Waals surface area (Å²) in [5.74, 6) is 1.94. The van der Waals surface area contributed by atoms with E-state index in [-0.39, 0.29) is 18.3 Å². The van der Waals surface area contributed by atoms with Gasteiger partial charge in [-0.15, -0.1) is 0 Å². The topological polar surface area (TPSA) is 84.4 Å². The first-order valence-corrected chi connectivity index (χ1v) is 9.14. The summed E-state index contributed by atoms with van der Waals surface area (Å²) in [6.07, 6.45) is 7.33. The highest BCUT2D eigenvalue weighted by atomic mass is 16.4. The lowest BCUT2D eigenvalue weighted by Crippen LogP contribution is -2.38. The van der Waals surface area contributed by atoms with Gasteiger partial charge in [-0.1, -0.05) is 6.07 Å². The van der Waals surface area contributed by atoms with Crippen molar-refractivity contribution in [2.45, 2.75) is 31.9 Å². The number of piperidine rings is 1. The largest absolute Gasteiger partial charge is 0.453 e. The molecule has 1 amide bonds. The molecule has 0 spiro atoms. The predicted molar refractivity (Wildman–Crippen MR) is 98.1 cm³/mol. The number of aliphatic hydroxyl groups is 1. The number of likely N-dealkylation sites (tertiary alicyclic amines) is 1. The Morgan fingerprint density at radius 3 is 2.70 bits per heavy atom. The Hall–Kier alpha value is -2.93. The van der Waals surface area contributed by atoms with E-state index in [1.165, 1.54) is 0 Å². The van der Waals surface area contributed by atoms with Crippen molar-refractivity contribution in [2.24, 2.45) is 0 Å². The molecule has 3 aromatic rings. The van der Waals surface area contributed by atoms with Gasteiger partial charge in [-0.25, -0.2) is 4.98 Å². The molecule has 0 aliphatic carbocycles. The lowest BCUT2D eigenvalue weighted by molar-refractivity contribution is 0.0673. The molecule has 4 rings (SSSR count). The molecule has 1 N–H and O–H groups in total. The lowest BCUT2D eigenvalue weighted by Gasteiger charge is -2.31. The zero-order valence-electron chi connectivity index (χ0n) is 15.0. The van der Waals surface area contributed by atoms with Gasteiger partial charge in [0.1, 0.15) is 18.2 Å². The number of hydrogen-bond donors (Lipinski definition) is 1. The molecule has 0 unspecified atom stereocenters. The number of rotatable bonds is 5. The smallest absolute Gasteiger partial charge is 0.289 e. The molecule has 0 saturated carbocycles. The second kappa shape index (κ2) is 7.75. The Kier molecular flexibility index (Phi) is 5.02. The molecule has 7 heteroatoms. The summed E-state index contributed by atoms with van der Waals surface area (Å²) in [5.41, 5.74) is 1.00. The number of aromatic nitrogens is 3. The minimum atomic E-state index is -0.200. The van der Waals surface area contributed by atoms with Crippen LogP contribution in [-0.4, -0.2) is 43.5 Å². The third kappa shape index (κ3) is 3.78. The minimum absolute atomic E-state index is 0.120. The molecule has 0 atom stereocenters. The van der Waals surface area contributed by atoms with Crippen LogP contribution in [0.3, 0.4) is 0 Å². The van der Waals surface area contributed by atoms with Crippen LogP contribution in [0.2, 0.25) is 0 Å². The van der Waals surface area contributed by atoms with Crippen LogP contribution in [0.1, 0.15) is 46.6 Å². The molecule has 4 heterocycles. The maximum Gasteiger partial charge on any atom is 0.289 e. The van der Waals surface area contributed by atoms with Gasteiger partial charge >= 0.3 is 0 Å². The summed E-state index contributed by atoms with van der Waals surface area (Å²) in [4.78, 5) is 23.3. The Morgan fingerprint density at radius 1 is 1.15 bits per heavy atom. The van der Waals surface area contributed by atoms with E-state index in [9.17, 15) is 4.79 Å². The molecule has 1 fully saturated rings. The molecule has 0 bridgehead atoms. The van der Waals surface area contributed by atoms with Gasteiger partial charge in [0, 0.05) is 37.6 Å². The van der Waals surface area contributed by atoms with E-state index in [0.717, 1.165) is 24.4 Å². The highest BCUT2D eigenvalue weighted by molar-refractivity contribution is 5.91. The Bertz CT molecular complexity index is 895. The third-order valence-corrected chi connectivity index (χ3v) is 4.98. The molecule has 140 valence electrons. The number of furan rings is 1. The third-order valence-electron chi connectivity index (χ3n) is 4.98. The van der Waals surface area contributed by atoms with Crippen molar-refractivity contribution in [3.8, 4) is 0 Å². The number of aliphatic hydroxyl groups excluding tert-OH is 1. The minimum Gasteiger partial charge on any atom is -0.453 e. The van der Waals surface area contributed by atoms with E-state index < -0.39 is 0 Å². The molecular formula is C20H22N4O3. The normalized spacial score (nSPS) is 15.2. The average molecular weight is 366 g/mol. The van der Waals surface area contributed by atoms with Crippen molar-refractivity contribution in [1.82, 2.24) is 19.4 Å². The van der Waals surface area contributed by atoms with E-state index in [4.69, 9.17) is 9.52 Å². The van der Waals surface area contributed by atoms with Gasteiger partial charge in [0.05, 0.1) is 12.2 Å². The fourth-order valence-corrected chi connectivity index (χ4v) is 3.55. The fraction of sp³-hybridized carbons (Fsp3) is 0.350. The number of pyridine rings is 1. The number of carbonyl (C=O) groups is 1. The number of carbonyl (C=O) groups excluding carboxylic acids is 1. The second-order valence-corrected chi connectivity index (χ2v) is 6.72. The fourth-order valence-electron chi connectivity index (χ4n) is 3.55. The van der Waals surface area contributed by atoms with Gasteiger partial charge in [-0.2, -0.15) is 0 Å². The number of hydrogen-bond acceptors (Lipinski definition) is 5. The molecule has 1 aliphatic rings. The van der Waals surface area contributed by atoms with Crippen LogP contribution >= 0.6 is 0 Å². The van der Waals surface area contributed by atoms with Crippen LogP contribution < -0.4 is 0 Å². The van der Waals surface area contributed by atoms with E-state index in [0.29, 0.717) is 31.3 Å². The number of nitrogens with zero attached hydrogens (tertiary/aromatic N) is 4. The van der Waals surface area contributed by atoms with Crippen LogP contribution in [0, 0.1) is 0 Å². The second-order valence-electron chi connectivity index (χ2n) is 6.72. The molecule has 0 radical (unpaired) electrons. The van der Waals surface area contributed by atoms with Gasteiger partial charge in [0.2, 0.25) is 0 Å². The standard InChI is InChI=1S/C20H22N4O3/c25-14-17-4-5-18(27-17)20(26)23-10-6-15(7-11-23)19-22-9-12-24(19)13-16-3-1-2-8-21-16/h1-5,8-9,12,15,25H,6-7,10-11,13-14H2. The highest BCUT2D eigenvalue weighted by Gasteiger charge is 2.28. The molecule has 0 aromatic carbocycles. The first-order chi connectivity index (χ1) is 13.2. The summed E-state index contributed by atoms with van der Waals surface area (Å²) in [6, 6.07) is 9.16. The molecule has 1 aliphatic heterocycles. The summed E-state index contributed by atoms with van der Waals surface area (Å²) in [5, 5.41) is 9.08. The number of imidazole rings is 1. The zero-order chi connectivity index (χ0) is 18.6. The van der Waals surface area contributed by atoms with Crippen LogP contribution in [0.15, 0.2) is 53.3 Å². The van der Waals surface area contributed by atoms with Crippen molar-refractivity contribution in [2.75, 3.05) is 13.1 Å². The van der Waals surface area contributed by atoms with Crippen molar-refractivity contribution in [3.63, 3.8) is 0 Å². The van der Waals surface area contributed by atoms with Crippen LogP contribution in [0.5, 0.6) is 0 Å². The first-order valence-electron chi connectivity index (χ1n) is 9.14. The van der Waals surface area contributed by atoms with Crippen molar-refractivity contribution in [1.29, 1.82) is 0 Å². The summed E-state index contributed by atoms with van der Waals surface area (Å²) in [7, 11) is 0. The summed E-state index contributed by atoms with van der Waals surface area (Å²) < 4.78 is 7.51. The van der Waals surface area contributed by atoms with Crippen molar-refractivity contribution in [3.05, 3.63) is 72.0 Å². The van der Waals surface area contributed by atoms with Crippen molar-refractivity contribution < 1.29 is 14.3 Å². The molecular weight excluding hydrogens is 344 g/mol. The molecule has 27 heavy (non-hydrogen) atoms. The Balaban J connectivity index is 1.40. The quantitative estimate of drug-likeness (QED) is 0.750. The molecule has 1 saturated heterocycles.